The number of aromatic carboxylic acids is 1. The van der Waals surface area contributed by atoms with E-state index in [-0.39, 0.29) is 42.3 Å². The maximum absolute atomic E-state index is 10.7. The molecular weight excluding hydrogens is 412 g/mol. The number of carboxylic acids is 1. The summed E-state index contributed by atoms with van der Waals surface area (Å²) in [4.78, 5) is 11.4. The van der Waals surface area contributed by atoms with Gasteiger partial charge in [-0.3, -0.25) is 0 Å². The normalized spacial score (nSPS) is 8.87. The first kappa shape index (κ1) is 15.8. The number of hydrogen-bond acceptors (Lipinski definition) is 3. The Morgan fingerprint density at radius 2 is 2.27 bits per heavy atom. The predicted molar refractivity (Wildman–Crippen MR) is 52.5 cm³/mol. The van der Waals surface area contributed by atoms with E-state index in [1.165, 1.54) is 10.00 Å². The molecule has 1 aromatic rings. The number of rotatable bonds is 4. The van der Waals surface area contributed by atoms with E-state index in [4.69, 9.17) is 5.11 Å². The van der Waals surface area contributed by atoms with Crippen molar-refractivity contribution in [1.82, 2.24) is 0 Å². The van der Waals surface area contributed by atoms with E-state index >= 15 is 0 Å². The first-order valence-electron chi connectivity index (χ1n) is 4.35. The molecule has 0 aliphatic heterocycles. The minimum absolute atomic E-state index is 0. The van der Waals surface area contributed by atoms with Crippen LogP contribution in [-0.4, -0.2) is 16.2 Å². The molecule has 0 saturated carbocycles. The molecule has 6 heteroatoms. The number of carbonyl (C=O) groups is 1. The third-order valence-corrected chi connectivity index (χ3v) is 13.7. The number of para-hydroxylation sites is 1. The maximum atomic E-state index is 10.7. The van der Waals surface area contributed by atoms with Crippen LogP contribution in [0.1, 0.15) is 18.7 Å². The van der Waals surface area contributed by atoms with E-state index in [9.17, 15) is 9.90 Å². The van der Waals surface area contributed by atoms with Gasteiger partial charge < -0.3 is 1.43 Å². The van der Waals surface area contributed by atoms with Crippen molar-refractivity contribution in [3.05, 3.63) is 23.8 Å². The molecule has 3 nitrogen and oxygen atoms in total. The summed E-state index contributed by atoms with van der Waals surface area (Å²) < 4.78 is 1.21. The van der Waals surface area contributed by atoms with Gasteiger partial charge in [0.05, 0.1) is 0 Å². The van der Waals surface area contributed by atoms with Crippen LogP contribution in [0.15, 0.2) is 23.1 Å². The Morgan fingerprint density at radius 3 is 2.80 bits per heavy atom. The number of carboxylic acid groups (broad SMARTS) is 1. The van der Waals surface area contributed by atoms with Crippen molar-refractivity contribution < 1.29 is 69.1 Å². The Hall–Kier alpha value is 0.775. The Balaban J connectivity index is 0. The number of phenols is 1. The monoisotopic (exact) mass is 424 g/mol. The van der Waals surface area contributed by atoms with Gasteiger partial charge in [-0.15, -0.1) is 0 Å². The van der Waals surface area contributed by atoms with Crippen LogP contribution < -0.4 is 29.6 Å². The van der Waals surface area contributed by atoms with Crippen LogP contribution in [0.2, 0.25) is 3.93 Å². The van der Waals surface area contributed by atoms with Gasteiger partial charge in [0.2, 0.25) is 0 Å². The summed E-state index contributed by atoms with van der Waals surface area (Å²) in [5.41, 5.74) is -0.000460. The van der Waals surface area contributed by atoms with E-state index in [1.807, 2.05) is 0 Å². The zero-order chi connectivity index (χ0) is 10.6. The van der Waals surface area contributed by atoms with Crippen LogP contribution in [-0.2, 0) is 23.1 Å². The van der Waals surface area contributed by atoms with Gasteiger partial charge in [0.25, 0.3) is 0 Å². The summed E-state index contributed by atoms with van der Waals surface area (Å²) in [5, 5.41) is 18.4. The second kappa shape index (κ2) is 7.95. The van der Waals surface area contributed by atoms with Crippen molar-refractivity contribution in [2.45, 2.75) is 15.7 Å². The van der Waals surface area contributed by atoms with Crippen molar-refractivity contribution >= 4 is 14.2 Å². The van der Waals surface area contributed by atoms with Gasteiger partial charge in [0, 0.05) is 0 Å². The largest absolute Gasteiger partial charge is 1.00 e. The smallest absolute Gasteiger partial charge is 1.00 e. The molecule has 0 heterocycles. The molecular formula is C9H11HgNaO3S. The number of hydrogen-bond donors (Lipinski definition) is 2. The SMILES string of the molecule is C[CH2][Hg][S]c1cccc(C(=O)O)c1O.[H-].[Na+]. The molecule has 74 valence electrons. The van der Waals surface area contributed by atoms with Gasteiger partial charge in [-0.2, -0.15) is 0 Å². The summed E-state index contributed by atoms with van der Waals surface area (Å²) in [7, 11) is 1.69. The zero-order valence-corrected chi connectivity index (χ0v) is 17.2. The fourth-order valence-electron chi connectivity index (χ4n) is 1.02. The molecule has 15 heavy (non-hydrogen) atoms. The molecule has 0 aromatic heterocycles. The molecule has 0 amide bonds. The average Bonchev–Trinajstić information content (AvgIpc) is 2.16. The molecule has 0 spiro atoms. The second-order valence-electron chi connectivity index (χ2n) is 2.81. The van der Waals surface area contributed by atoms with Crippen LogP contribution >= 0.6 is 8.24 Å². The van der Waals surface area contributed by atoms with Crippen molar-refractivity contribution in [3.8, 4) is 5.75 Å². The molecule has 2 N–H and O–H groups in total. The molecule has 0 aliphatic carbocycles. The Bertz CT molecular complexity index is 352. The van der Waals surface area contributed by atoms with Crippen molar-refractivity contribution in [2.24, 2.45) is 0 Å². The zero-order valence-electron chi connectivity index (χ0n) is 9.86. The summed E-state index contributed by atoms with van der Waals surface area (Å²) in [6, 6.07) is 4.88. The summed E-state index contributed by atoms with van der Waals surface area (Å²) in [5.74, 6) is -1.14. The van der Waals surface area contributed by atoms with E-state index < -0.39 is 29.0 Å². The van der Waals surface area contributed by atoms with Crippen molar-refractivity contribution in [2.75, 3.05) is 0 Å². The van der Waals surface area contributed by atoms with Gasteiger partial charge in [0.1, 0.15) is 0 Å². The van der Waals surface area contributed by atoms with Crippen LogP contribution in [0.3, 0.4) is 0 Å². The Labute approximate surface area is 127 Å². The number of aromatic hydroxyl groups is 1. The average molecular weight is 423 g/mol. The van der Waals surface area contributed by atoms with Crippen molar-refractivity contribution in [3.63, 3.8) is 0 Å². The topological polar surface area (TPSA) is 57.5 Å². The summed E-state index contributed by atoms with van der Waals surface area (Å²) in [6.45, 7) is 2.13. The van der Waals surface area contributed by atoms with Gasteiger partial charge in [-0.25, -0.2) is 0 Å². The van der Waals surface area contributed by atoms with E-state index in [0.29, 0.717) is 0 Å². The molecule has 0 unspecified atom stereocenters. The van der Waals surface area contributed by atoms with Crippen LogP contribution in [0.25, 0.3) is 0 Å². The molecule has 0 saturated heterocycles. The quantitative estimate of drug-likeness (QED) is 0.656. The van der Waals surface area contributed by atoms with Crippen LogP contribution in [0, 0.1) is 0 Å². The fraction of sp³-hybridized carbons (Fsp3) is 0.222. The molecule has 0 bridgehead atoms. The minimum atomic E-state index is -1.07. The van der Waals surface area contributed by atoms with Crippen LogP contribution in [0.4, 0.5) is 0 Å². The first-order valence-corrected chi connectivity index (χ1v) is 16.0. The second-order valence-corrected chi connectivity index (χ2v) is 16.0. The van der Waals surface area contributed by atoms with Gasteiger partial charge in [-0.05, 0) is 0 Å². The van der Waals surface area contributed by atoms with Gasteiger partial charge in [-0.1, -0.05) is 0 Å². The molecule has 0 fully saturated rings. The third kappa shape index (κ3) is 4.65. The summed E-state index contributed by atoms with van der Waals surface area (Å²) >= 11 is -0.963. The van der Waals surface area contributed by atoms with E-state index in [1.54, 1.807) is 20.4 Å². The molecule has 1 rings (SSSR count). The molecule has 0 atom stereocenters. The Morgan fingerprint density at radius 1 is 1.60 bits per heavy atom. The van der Waals surface area contributed by atoms with Crippen LogP contribution in [0.5, 0.6) is 5.75 Å². The number of benzene rings is 1. The molecule has 0 radical (unpaired) electrons. The van der Waals surface area contributed by atoms with E-state index in [0.717, 1.165) is 4.90 Å². The van der Waals surface area contributed by atoms with Crippen molar-refractivity contribution in [1.29, 1.82) is 0 Å². The molecule has 1 aromatic carbocycles. The Kier molecular flexibility index (Phi) is 8.36. The van der Waals surface area contributed by atoms with Gasteiger partial charge >= 0.3 is 127 Å². The predicted octanol–water partition coefficient (Wildman–Crippen LogP) is -0.265. The third-order valence-electron chi connectivity index (χ3n) is 1.69. The van der Waals surface area contributed by atoms with Gasteiger partial charge in [0.15, 0.2) is 0 Å². The maximum Gasteiger partial charge on any atom is 1.00 e. The standard InChI is InChI=1S/C7H6O3S.C2H5.Hg.Na.H/c8-6-4(7(9)10)2-1-3-5(6)11;1-2;;;/h1-3,8,11H,(H,9,10);1H2,2H3;;;/q;;2*+1;-1/p-1. The summed E-state index contributed by atoms with van der Waals surface area (Å²) in [6.07, 6.45) is 0. The minimum Gasteiger partial charge on any atom is -1.00 e. The van der Waals surface area contributed by atoms with E-state index in [2.05, 4.69) is 6.92 Å². The first-order chi connectivity index (χ1) is 6.66. The fourth-order valence-corrected chi connectivity index (χ4v) is 9.53. The molecule has 0 aliphatic rings.